The summed E-state index contributed by atoms with van der Waals surface area (Å²) in [6.45, 7) is 2.86. The van der Waals surface area contributed by atoms with Crippen molar-refractivity contribution in [2.45, 2.75) is 31.6 Å². The zero-order valence-corrected chi connectivity index (χ0v) is 12.0. The van der Waals surface area contributed by atoms with E-state index in [-0.39, 0.29) is 0 Å². The number of anilines is 2. The van der Waals surface area contributed by atoms with E-state index in [0.29, 0.717) is 17.7 Å². The first-order valence-corrected chi connectivity index (χ1v) is 7.39. The highest BCUT2D eigenvalue weighted by Gasteiger charge is 2.29. The Labute approximate surface area is 119 Å². The van der Waals surface area contributed by atoms with Gasteiger partial charge in [-0.25, -0.2) is 15.8 Å². The van der Waals surface area contributed by atoms with Crippen LogP contribution in [0, 0.1) is 5.92 Å². The minimum Gasteiger partial charge on any atom is -0.384 e. The van der Waals surface area contributed by atoms with Gasteiger partial charge in [0.15, 0.2) is 0 Å². The second-order valence-corrected chi connectivity index (χ2v) is 5.80. The van der Waals surface area contributed by atoms with Gasteiger partial charge in [-0.1, -0.05) is 0 Å². The summed E-state index contributed by atoms with van der Waals surface area (Å²) in [7, 11) is 1.77. The predicted molar refractivity (Wildman–Crippen MR) is 78.6 cm³/mol. The van der Waals surface area contributed by atoms with Crippen LogP contribution in [-0.4, -0.2) is 36.8 Å². The number of nitrogens with one attached hydrogen (secondary N) is 1. The molecule has 20 heavy (non-hydrogen) atoms. The largest absolute Gasteiger partial charge is 0.384 e. The highest BCUT2D eigenvalue weighted by atomic mass is 16.5. The van der Waals surface area contributed by atoms with Crippen molar-refractivity contribution in [3.63, 3.8) is 0 Å². The highest BCUT2D eigenvalue weighted by molar-refractivity contribution is 5.49. The lowest BCUT2D eigenvalue weighted by molar-refractivity contribution is 0.143. The SMILES string of the molecule is COCC1CCCN(c2cc(NN)nc(C3CC3)n2)C1. The van der Waals surface area contributed by atoms with E-state index in [1.54, 1.807) is 7.11 Å². The second-order valence-electron chi connectivity index (χ2n) is 5.80. The number of hydrogen-bond acceptors (Lipinski definition) is 6. The molecule has 3 N–H and O–H groups in total. The number of rotatable bonds is 5. The van der Waals surface area contributed by atoms with Crippen molar-refractivity contribution >= 4 is 11.6 Å². The molecule has 3 rings (SSSR count). The van der Waals surface area contributed by atoms with E-state index in [2.05, 4.69) is 15.3 Å². The van der Waals surface area contributed by atoms with Gasteiger partial charge < -0.3 is 15.1 Å². The van der Waals surface area contributed by atoms with Crippen LogP contribution < -0.4 is 16.2 Å². The van der Waals surface area contributed by atoms with Gasteiger partial charge in [0.05, 0.1) is 6.61 Å². The van der Waals surface area contributed by atoms with Crippen molar-refractivity contribution in [1.82, 2.24) is 9.97 Å². The van der Waals surface area contributed by atoms with Gasteiger partial charge in [-0.15, -0.1) is 0 Å². The number of nitrogen functional groups attached to an aromatic ring is 1. The molecule has 1 saturated heterocycles. The fraction of sp³-hybridized carbons (Fsp3) is 0.714. The molecular weight excluding hydrogens is 254 g/mol. The van der Waals surface area contributed by atoms with Crippen LogP contribution >= 0.6 is 0 Å². The molecule has 0 bridgehead atoms. The van der Waals surface area contributed by atoms with Crippen molar-refractivity contribution in [2.75, 3.05) is 37.1 Å². The molecule has 0 amide bonds. The van der Waals surface area contributed by atoms with Crippen LogP contribution in [0.1, 0.15) is 37.4 Å². The predicted octanol–water partition coefficient (Wildman–Crippen LogP) is 1.50. The van der Waals surface area contributed by atoms with Crippen molar-refractivity contribution in [3.05, 3.63) is 11.9 Å². The standard InChI is InChI=1S/C14H23N5O/c1-20-9-10-3-2-6-19(8-10)13-7-12(18-15)16-14(17-13)11-4-5-11/h7,10-11H,2-6,8-9,15H2,1H3,(H,16,17,18). The maximum atomic E-state index is 5.53. The van der Waals surface area contributed by atoms with E-state index in [1.165, 1.54) is 25.7 Å². The Kier molecular flexibility index (Phi) is 4.03. The molecule has 6 nitrogen and oxygen atoms in total. The van der Waals surface area contributed by atoms with Gasteiger partial charge in [0, 0.05) is 32.2 Å². The van der Waals surface area contributed by atoms with E-state index in [0.717, 1.165) is 31.3 Å². The smallest absolute Gasteiger partial charge is 0.145 e. The topological polar surface area (TPSA) is 76.3 Å². The number of hydrogen-bond donors (Lipinski definition) is 2. The van der Waals surface area contributed by atoms with Gasteiger partial charge in [0.25, 0.3) is 0 Å². The zero-order chi connectivity index (χ0) is 13.9. The van der Waals surface area contributed by atoms with Crippen LogP contribution in [0.3, 0.4) is 0 Å². The Hall–Kier alpha value is -1.40. The third-order valence-corrected chi connectivity index (χ3v) is 4.07. The summed E-state index contributed by atoms with van der Waals surface area (Å²) >= 11 is 0. The van der Waals surface area contributed by atoms with Crippen LogP contribution in [0.4, 0.5) is 11.6 Å². The lowest BCUT2D eigenvalue weighted by Crippen LogP contribution is -2.37. The highest BCUT2D eigenvalue weighted by Crippen LogP contribution is 2.39. The van der Waals surface area contributed by atoms with E-state index in [4.69, 9.17) is 15.6 Å². The second kappa shape index (κ2) is 5.93. The summed E-state index contributed by atoms with van der Waals surface area (Å²) in [5.74, 6) is 9.29. The Morgan fingerprint density at radius 3 is 2.95 bits per heavy atom. The maximum Gasteiger partial charge on any atom is 0.145 e. The molecule has 110 valence electrons. The average molecular weight is 277 g/mol. The zero-order valence-electron chi connectivity index (χ0n) is 12.0. The molecule has 2 aliphatic rings. The summed E-state index contributed by atoms with van der Waals surface area (Å²) < 4.78 is 5.29. The number of nitrogens with two attached hydrogens (primary N) is 1. The average Bonchev–Trinajstić information content (AvgIpc) is 3.32. The fourth-order valence-corrected chi connectivity index (χ4v) is 2.86. The Bertz CT molecular complexity index is 461. The van der Waals surface area contributed by atoms with Crippen LogP contribution in [0.2, 0.25) is 0 Å². The van der Waals surface area contributed by atoms with E-state index < -0.39 is 0 Å². The third-order valence-electron chi connectivity index (χ3n) is 4.07. The molecule has 1 aromatic heterocycles. The summed E-state index contributed by atoms with van der Waals surface area (Å²) in [6, 6.07) is 1.95. The molecule has 0 aromatic carbocycles. The lowest BCUT2D eigenvalue weighted by Gasteiger charge is -2.33. The molecule has 2 fully saturated rings. The third kappa shape index (κ3) is 3.02. The molecule has 1 aromatic rings. The molecule has 6 heteroatoms. The van der Waals surface area contributed by atoms with Crippen molar-refractivity contribution in [3.8, 4) is 0 Å². The first kappa shape index (κ1) is 13.6. The number of hydrazine groups is 1. The number of methoxy groups -OCH3 is 1. The Balaban J connectivity index is 1.79. The summed E-state index contributed by atoms with van der Waals surface area (Å²) in [5.41, 5.74) is 2.66. The Morgan fingerprint density at radius 2 is 2.25 bits per heavy atom. The summed E-state index contributed by atoms with van der Waals surface area (Å²) in [6.07, 6.45) is 4.80. The number of piperidine rings is 1. The maximum absolute atomic E-state index is 5.53. The van der Waals surface area contributed by atoms with E-state index in [9.17, 15) is 0 Å². The number of nitrogens with zero attached hydrogens (tertiary/aromatic N) is 3. The van der Waals surface area contributed by atoms with E-state index >= 15 is 0 Å². The molecule has 1 saturated carbocycles. The molecule has 1 aliphatic carbocycles. The van der Waals surface area contributed by atoms with Crippen LogP contribution in [-0.2, 0) is 4.74 Å². The first-order valence-electron chi connectivity index (χ1n) is 7.39. The molecule has 0 spiro atoms. The van der Waals surface area contributed by atoms with E-state index in [1.807, 2.05) is 6.07 Å². The Morgan fingerprint density at radius 1 is 1.40 bits per heavy atom. The molecule has 1 atom stereocenters. The molecule has 0 radical (unpaired) electrons. The minimum absolute atomic E-state index is 0.529. The monoisotopic (exact) mass is 277 g/mol. The molecule has 1 aliphatic heterocycles. The van der Waals surface area contributed by atoms with Crippen molar-refractivity contribution < 1.29 is 4.74 Å². The minimum atomic E-state index is 0.529. The number of ether oxygens (including phenoxy) is 1. The molecule has 1 unspecified atom stereocenters. The normalized spacial score (nSPS) is 22.9. The molecule has 2 heterocycles. The summed E-state index contributed by atoms with van der Waals surface area (Å²) in [4.78, 5) is 11.5. The van der Waals surface area contributed by atoms with Gasteiger partial charge in [-0.3, -0.25) is 0 Å². The van der Waals surface area contributed by atoms with Gasteiger partial charge in [-0.2, -0.15) is 0 Å². The quantitative estimate of drug-likeness (QED) is 0.627. The van der Waals surface area contributed by atoms with Crippen LogP contribution in [0.25, 0.3) is 0 Å². The van der Waals surface area contributed by atoms with Crippen LogP contribution in [0.5, 0.6) is 0 Å². The number of aromatic nitrogens is 2. The van der Waals surface area contributed by atoms with Gasteiger partial charge in [0.1, 0.15) is 17.5 Å². The van der Waals surface area contributed by atoms with Crippen LogP contribution in [0.15, 0.2) is 6.07 Å². The van der Waals surface area contributed by atoms with Gasteiger partial charge in [0.2, 0.25) is 0 Å². The molecular formula is C14H23N5O. The van der Waals surface area contributed by atoms with Gasteiger partial charge >= 0.3 is 0 Å². The first-order chi connectivity index (χ1) is 9.80. The fourth-order valence-electron chi connectivity index (χ4n) is 2.86. The van der Waals surface area contributed by atoms with Crippen molar-refractivity contribution in [2.24, 2.45) is 11.8 Å². The van der Waals surface area contributed by atoms with Gasteiger partial charge in [-0.05, 0) is 31.6 Å². The summed E-state index contributed by atoms with van der Waals surface area (Å²) in [5, 5.41) is 0. The van der Waals surface area contributed by atoms with Crippen molar-refractivity contribution in [1.29, 1.82) is 0 Å². The lowest BCUT2D eigenvalue weighted by atomic mass is 9.99.